The molecular weight excluding hydrogens is 276 g/mol. The summed E-state index contributed by atoms with van der Waals surface area (Å²) in [4.78, 5) is 2.37. The molecule has 4 heteroatoms. The van der Waals surface area contributed by atoms with Crippen LogP contribution in [0.4, 0.5) is 8.78 Å². The summed E-state index contributed by atoms with van der Waals surface area (Å²) in [7, 11) is 1.75. The summed E-state index contributed by atoms with van der Waals surface area (Å²) >= 11 is 1.68. The van der Waals surface area contributed by atoms with Crippen molar-refractivity contribution in [3.05, 3.63) is 56.3 Å². The number of thiophene rings is 1. The van der Waals surface area contributed by atoms with Crippen LogP contribution in [-0.4, -0.2) is 7.05 Å². The number of nitrogens with one attached hydrogen (secondary N) is 1. The van der Waals surface area contributed by atoms with Gasteiger partial charge in [0.15, 0.2) is 0 Å². The van der Waals surface area contributed by atoms with Gasteiger partial charge in [0, 0.05) is 15.3 Å². The molecule has 0 fully saturated rings. The Labute approximate surface area is 121 Å². The average molecular weight is 293 g/mol. The first-order valence-electron chi connectivity index (χ1n) is 6.85. The minimum absolute atomic E-state index is 0.132. The number of benzene rings is 1. The molecule has 1 aliphatic carbocycles. The number of hydrogen-bond donors (Lipinski definition) is 1. The van der Waals surface area contributed by atoms with E-state index in [0.717, 1.165) is 17.7 Å². The highest BCUT2D eigenvalue weighted by Gasteiger charge is 2.25. The molecule has 1 aromatic heterocycles. The minimum Gasteiger partial charge on any atom is -0.308 e. The summed E-state index contributed by atoms with van der Waals surface area (Å²) in [6.07, 6.45) is 3.37. The van der Waals surface area contributed by atoms with Gasteiger partial charge in [0.2, 0.25) is 0 Å². The van der Waals surface area contributed by atoms with Crippen LogP contribution in [0.25, 0.3) is 0 Å². The molecule has 0 saturated heterocycles. The van der Waals surface area contributed by atoms with Crippen LogP contribution in [0, 0.1) is 18.6 Å². The van der Waals surface area contributed by atoms with Gasteiger partial charge in [-0.15, -0.1) is 11.3 Å². The molecule has 0 saturated carbocycles. The number of rotatable bonds is 3. The molecule has 1 N–H and O–H groups in total. The Morgan fingerprint density at radius 2 is 2.05 bits per heavy atom. The molecule has 0 aliphatic heterocycles. The van der Waals surface area contributed by atoms with E-state index in [9.17, 15) is 8.78 Å². The molecule has 1 nitrogen and oxygen atoms in total. The van der Waals surface area contributed by atoms with Gasteiger partial charge in [0.1, 0.15) is 11.6 Å². The normalized spacial score (nSPS) is 15.4. The van der Waals surface area contributed by atoms with Crippen LogP contribution in [0.15, 0.2) is 18.2 Å². The van der Waals surface area contributed by atoms with Crippen LogP contribution in [0.2, 0.25) is 0 Å². The first-order valence-corrected chi connectivity index (χ1v) is 7.66. The van der Waals surface area contributed by atoms with Crippen LogP contribution < -0.4 is 5.32 Å². The summed E-state index contributed by atoms with van der Waals surface area (Å²) in [5.74, 6) is -0.932. The van der Waals surface area contributed by atoms with Gasteiger partial charge in [0.05, 0.1) is 6.04 Å². The van der Waals surface area contributed by atoms with Gasteiger partial charge in [-0.2, -0.15) is 0 Å². The Kier molecular flexibility index (Phi) is 3.61. The zero-order chi connectivity index (χ0) is 14.3. The second-order valence-electron chi connectivity index (χ2n) is 5.26. The van der Waals surface area contributed by atoms with E-state index in [-0.39, 0.29) is 5.56 Å². The maximum atomic E-state index is 14.3. The van der Waals surface area contributed by atoms with Crippen LogP contribution in [-0.2, 0) is 12.8 Å². The third-order valence-corrected chi connectivity index (χ3v) is 5.25. The van der Waals surface area contributed by atoms with E-state index in [0.29, 0.717) is 5.56 Å². The smallest absolute Gasteiger partial charge is 0.134 e. The Morgan fingerprint density at radius 3 is 2.75 bits per heavy atom. The van der Waals surface area contributed by atoms with Gasteiger partial charge in [-0.05, 0) is 56.5 Å². The molecule has 1 aromatic carbocycles. The van der Waals surface area contributed by atoms with Crippen LogP contribution in [0.1, 0.15) is 38.9 Å². The fraction of sp³-hybridized carbons (Fsp3) is 0.375. The topological polar surface area (TPSA) is 12.0 Å². The Bertz CT molecular complexity index is 627. The number of hydrogen-bond acceptors (Lipinski definition) is 2. The lowest BCUT2D eigenvalue weighted by molar-refractivity contribution is 0.520. The SMILES string of the molecule is CNC(c1cc2c(s1)CCC2)c1c(F)ccc(C)c1F. The summed E-state index contributed by atoms with van der Waals surface area (Å²) in [6, 6.07) is 4.52. The lowest BCUT2D eigenvalue weighted by atomic mass is 10.0. The molecule has 20 heavy (non-hydrogen) atoms. The molecule has 1 heterocycles. The average Bonchev–Trinajstić information content (AvgIpc) is 3.00. The van der Waals surface area contributed by atoms with E-state index < -0.39 is 17.7 Å². The fourth-order valence-corrected chi connectivity index (χ4v) is 4.24. The van der Waals surface area contributed by atoms with Crippen LogP contribution in [0.3, 0.4) is 0 Å². The van der Waals surface area contributed by atoms with Crippen LogP contribution >= 0.6 is 11.3 Å². The van der Waals surface area contributed by atoms with Gasteiger partial charge >= 0.3 is 0 Å². The molecule has 106 valence electrons. The quantitative estimate of drug-likeness (QED) is 0.897. The van der Waals surface area contributed by atoms with E-state index in [1.54, 1.807) is 25.3 Å². The zero-order valence-electron chi connectivity index (χ0n) is 11.6. The van der Waals surface area contributed by atoms with Crippen molar-refractivity contribution in [2.75, 3.05) is 7.05 Å². The van der Waals surface area contributed by atoms with E-state index in [2.05, 4.69) is 11.4 Å². The third kappa shape index (κ3) is 2.17. The van der Waals surface area contributed by atoms with E-state index >= 15 is 0 Å². The molecule has 1 atom stereocenters. The third-order valence-electron chi connectivity index (χ3n) is 3.95. The highest BCUT2D eigenvalue weighted by atomic mass is 32.1. The molecule has 0 radical (unpaired) electrons. The standard InChI is InChI=1S/C16H17F2NS/c1-9-6-7-11(17)14(15(9)18)16(19-2)13-8-10-4-3-5-12(10)20-13/h6-8,16,19H,3-5H2,1-2H3. The van der Waals surface area contributed by atoms with Gasteiger partial charge in [0.25, 0.3) is 0 Å². The lowest BCUT2D eigenvalue weighted by Gasteiger charge is -2.18. The highest BCUT2D eigenvalue weighted by molar-refractivity contribution is 7.12. The van der Waals surface area contributed by atoms with Crippen LogP contribution in [0.5, 0.6) is 0 Å². The van der Waals surface area contributed by atoms with Crippen molar-refractivity contribution in [2.24, 2.45) is 0 Å². The maximum Gasteiger partial charge on any atom is 0.134 e. The number of halogens is 2. The van der Waals surface area contributed by atoms with Gasteiger partial charge < -0.3 is 5.32 Å². The molecule has 1 aliphatic rings. The van der Waals surface area contributed by atoms with Crippen molar-refractivity contribution in [1.82, 2.24) is 5.32 Å². The van der Waals surface area contributed by atoms with Crippen molar-refractivity contribution >= 4 is 11.3 Å². The molecule has 2 aromatic rings. The second kappa shape index (κ2) is 5.26. The molecule has 1 unspecified atom stereocenters. The molecule has 0 bridgehead atoms. The zero-order valence-corrected chi connectivity index (χ0v) is 12.4. The lowest BCUT2D eigenvalue weighted by Crippen LogP contribution is -2.20. The van der Waals surface area contributed by atoms with Gasteiger partial charge in [-0.3, -0.25) is 0 Å². The van der Waals surface area contributed by atoms with E-state index in [4.69, 9.17) is 0 Å². The summed E-state index contributed by atoms with van der Waals surface area (Å²) < 4.78 is 28.4. The first-order chi connectivity index (χ1) is 9.61. The largest absolute Gasteiger partial charge is 0.308 e. The number of fused-ring (bicyclic) bond motifs is 1. The molecule has 0 amide bonds. The van der Waals surface area contributed by atoms with Crippen molar-refractivity contribution in [3.63, 3.8) is 0 Å². The summed E-state index contributed by atoms with van der Waals surface area (Å²) in [6.45, 7) is 1.67. The van der Waals surface area contributed by atoms with Crippen molar-refractivity contribution in [3.8, 4) is 0 Å². The van der Waals surface area contributed by atoms with E-state index in [1.807, 2.05) is 0 Å². The number of aryl methyl sites for hydroxylation is 3. The monoisotopic (exact) mass is 293 g/mol. The highest BCUT2D eigenvalue weighted by Crippen LogP contribution is 2.37. The van der Waals surface area contributed by atoms with Crippen molar-refractivity contribution in [1.29, 1.82) is 0 Å². The molecule has 3 rings (SSSR count). The summed E-state index contributed by atoms with van der Waals surface area (Å²) in [5.41, 5.74) is 1.96. The summed E-state index contributed by atoms with van der Waals surface area (Å²) in [5, 5.41) is 3.06. The Balaban J connectivity index is 2.07. The van der Waals surface area contributed by atoms with Crippen molar-refractivity contribution < 1.29 is 8.78 Å². The van der Waals surface area contributed by atoms with Gasteiger partial charge in [-0.25, -0.2) is 8.78 Å². The van der Waals surface area contributed by atoms with Crippen molar-refractivity contribution in [2.45, 2.75) is 32.2 Å². The minimum atomic E-state index is -0.485. The molecule has 0 spiro atoms. The predicted octanol–water partition coefficient (Wildman–Crippen LogP) is 4.13. The Morgan fingerprint density at radius 1 is 1.25 bits per heavy atom. The molecular formula is C16H17F2NS. The second-order valence-corrected chi connectivity index (χ2v) is 6.43. The van der Waals surface area contributed by atoms with E-state index in [1.165, 1.54) is 29.0 Å². The maximum absolute atomic E-state index is 14.3. The first kappa shape index (κ1) is 13.7. The predicted molar refractivity (Wildman–Crippen MR) is 78.3 cm³/mol. The Hall–Kier alpha value is -1.26. The fourth-order valence-electron chi connectivity index (χ4n) is 2.87. The van der Waals surface area contributed by atoms with Gasteiger partial charge in [-0.1, -0.05) is 6.07 Å².